The van der Waals surface area contributed by atoms with E-state index in [9.17, 15) is 9.18 Å². The number of H-pyrrole nitrogens is 1. The van der Waals surface area contributed by atoms with Crippen LogP contribution in [0.2, 0.25) is 0 Å². The number of piperazine rings is 1. The molecular formula is C30H33FN4O. The van der Waals surface area contributed by atoms with Crippen LogP contribution in [0, 0.1) is 11.7 Å². The summed E-state index contributed by atoms with van der Waals surface area (Å²) in [6.07, 6.45) is 6.58. The normalized spacial score (nSPS) is 21.4. The van der Waals surface area contributed by atoms with Gasteiger partial charge < -0.3 is 20.1 Å². The quantitative estimate of drug-likeness (QED) is 0.498. The molecule has 1 aliphatic carbocycles. The van der Waals surface area contributed by atoms with Crippen LogP contribution in [-0.4, -0.2) is 60.5 Å². The number of hydrogen-bond acceptors (Lipinski definition) is 3. The number of hydrogen-bond donors (Lipinski definition) is 2. The first-order chi connectivity index (χ1) is 17.5. The van der Waals surface area contributed by atoms with Crippen LogP contribution in [-0.2, 0) is 17.6 Å². The van der Waals surface area contributed by atoms with Gasteiger partial charge in [-0.1, -0.05) is 24.3 Å². The highest BCUT2D eigenvalue weighted by atomic mass is 19.1. The lowest BCUT2D eigenvalue weighted by Gasteiger charge is -2.33. The van der Waals surface area contributed by atoms with Gasteiger partial charge in [-0.15, -0.1) is 0 Å². The number of fused-ring (bicyclic) bond motifs is 2. The van der Waals surface area contributed by atoms with E-state index in [0.29, 0.717) is 11.5 Å². The highest BCUT2D eigenvalue weighted by Gasteiger charge is 2.28. The highest BCUT2D eigenvalue weighted by molar-refractivity contribution is 6.36. The molecule has 3 heterocycles. The molecule has 6 heteroatoms. The standard InChI is InChI=1S/C30H33FN4O/c1-34-12-14-35(15-13-34)11-10-20-8-9-27-22(16-20)18-24(32-27)19-26-29-25(21-4-2-5-23(31)17-21)6-3-7-28(29)33-30(26)36/h2-7,17-20,32H,8-16H2,1H3,(H,33,36). The lowest BCUT2D eigenvalue weighted by atomic mass is 9.85. The number of carbonyl (C=O) groups is 1. The molecule has 2 aliphatic heterocycles. The molecule has 2 aromatic carbocycles. The average Bonchev–Trinajstić information content (AvgIpc) is 3.43. The van der Waals surface area contributed by atoms with E-state index in [-0.39, 0.29) is 11.7 Å². The van der Waals surface area contributed by atoms with Gasteiger partial charge in [-0.05, 0) is 92.2 Å². The Kier molecular flexibility index (Phi) is 6.23. The Bertz CT molecular complexity index is 1320. The summed E-state index contributed by atoms with van der Waals surface area (Å²) in [6, 6.07) is 14.5. The van der Waals surface area contributed by atoms with Gasteiger partial charge in [0, 0.05) is 48.8 Å². The topological polar surface area (TPSA) is 51.4 Å². The van der Waals surface area contributed by atoms with Crippen molar-refractivity contribution >= 4 is 23.2 Å². The lowest BCUT2D eigenvalue weighted by Crippen LogP contribution is -2.45. The van der Waals surface area contributed by atoms with Crippen molar-refractivity contribution in [2.75, 3.05) is 45.1 Å². The molecule has 1 unspecified atom stereocenters. The second kappa shape index (κ2) is 9.68. The minimum absolute atomic E-state index is 0.119. The third-order valence-corrected chi connectivity index (χ3v) is 8.04. The summed E-state index contributed by atoms with van der Waals surface area (Å²) >= 11 is 0. The number of carbonyl (C=O) groups excluding carboxylic acids is 1. The van der Waals surface area contributed by atoms with Crippen LogP contribution in [0.4, 0.5) is 10.1 Å². The fourth-order valence-electron chi connectivity index (χ4n) is 5.93. The smallest absolute Gasteiger partial charge is 0.256 e. The summed E-state index contributed by atoms with van der Waals surface area (Å²) in [4.78, 5) is 21.6. The van der Waals surface area contributed by atoms with E-state index in [2.05, 4.69) is 33.2 Å². The minimum Gasteiger partial charge on any atom is -0.359 e. The van der Waals surface area contributed by atoms with Crippen molar-refractivity contribution in [1.82, 2.24) is 14.8 Å². The Labute approximate surface area is 212 Å². The zero-order valence-corrected chi connectivity index (χ0v) is 20.8. The molecule has 0 radical (unpaired) electrons. The number of aromatic amines is 1. The molecule has 6 rings (SSSR count). The van der Waals surface area contributed by atoms with Gasteiger partial charge in [0.05, 0.1) is 5.57 Å². The van der Waals surface area contributed by atoms with Gasteiger partial charge in [0.15, 0.2) is 0 Å². The molecule has 0 bridgehead atoms. The molecule has 3 aromatic rings. The third-order valence-electron chi connectivity index (χ3n) is 8.04. The first-order valence-corrected chi connectivity index (χ1v) is 13.1. The van der Waals surface area contributed by atoms with Crippen LogP contribution in [0.5, 0.6) is 0 Å². The van der Waals surface area contributed by atoms with Crippen molar-refractivity contribution in [1.29, 1.82) is 0 Å². The maximum Gasteiger partial charge on any atom is 0.256 e. The molecule has 186 valence electrons. The first-order valence-electron chi connectivity index (χ1n) is 13.1. The number of anilines is 1. The molecule has 1 aromatic heterocycles. The number of halogens is 1. The van der Waals surface area contributed by atoms with Gasteiger partial charge >= 0.3 is 0 Å². The zero-order valence-electron chi connectivity index (χ0n) is 20.8. The number of aromatic nitrogens is 1. The maximum absolute atomic E-state index is 14.0. The molecule has 1 amide bonds. The zero-order chi connectivity index (χ0) is 24.6. The first kappa shape index (κ1) is 23.2. The van der Waals surface area contributed by atoms with Crippen LogP contribution in [0.1, 0.15) is 35.4 Å². The summed E-state index contributed by atoms with van der Waals surface area (Å²) in [5.74, 6) is 0.308. The largest absolute Gasteiger partial charge is 0.359 e. The molecule has 2 N–H and O–H groups in total. The Hall–Kier alpha value is -3.22. The maximum atomic E-state index is 14.0. The molecule has 36 heavy (non-hydrogen) atoms. The molecule has 0 spiro atoms. The Balaban J connectivity index is 1.22. The van der Waals surface area contributed by atoms with Crippen molar-refractivity contribution in [3.8, 4) is 11.1 Å². The SMILES string of the molecule is CN1CCN(CCC2CCc3[nH]c(C=C4C(=O)Nc5cccc(-c6cccc(F)c6)c54)cc3C2)CC1. The second-order valence-electron chi connectivity index (χ2n) is 10.5. The van der Waals surface area contributed by atoms with Crippen molar-refractivity contribution in [3.63, 3.8) is 0 Å². The number of benzene rings is 2. The third kappa shape index (κ3) is 4.63. The summed E-state index contributed by atoms with van der Waals surface area (Å²) < 4.78 is 14.0. The van der Waals surface area contributed by atoms with Crippen molar-refractivity contribution in [2.24, 2.45) is 5.92 Å². The summed E-state index contributed by atoms with van der Waals surface area (Å²) in [5, 5.41) is 2.99. The van der Waals surface area contributed by atoms with E-state index in [1.807, 2.05) is 30.3 Å². The molecule has 5 nitrogen and oxygen atoms in total. The van der Waals surface area contributed by atoms with E-state index in [1.165, 1.54) is 69.0 Å². The monoisotopic (exact) mass is 484 g/mol. The predicted molar refractivity (Wildman–Crippen MR) is 143 cm³/mol. The molecule has 1 saturated heterocycles. The van der Waals surface area contributed by atoms with Crippen LogP contribution in [0.25, 0.3) is 22.8 Å². The van der Waals surface area contributed by atoms with Gasteiger partial charge in [0.25, 0.3) is 5.91 Å². The Morgan fingerprint density at radius 3 is 2.75 bits per heavy atom. The molecule has 0 saturated carbocycles. The summed E-state index contributed by atoms with van der Waals surface area (Å²) in [5.41, 5.74) is 7.50. The summed E-state index contributed by atoms with van der Waals surface area (Å²) in [7, 11) is 2.20. The minimum atomic E-state index is -0.285. The molecule has 1 fully saturated rings. The van der Waals surface area contributed by atoms with Gasteiger partial charge in [-0.2, -0.15) is 0 Å². The van der Waals surface area contributed by atoms with Crippen LogP contribution in [0.3, 0.4) is 0 Å². The number of aryl methyl sites for hydroxylation is 1. The fourth-order valence-corrected chi connectivity index (χ4v) is 5.93. The number of likely N-dealkylation sites (N-methyl/N-ethyl adjacent to an activating group) is 1. The van der Waals surface area contributed by atoms with Gasteiger partial charge in [0.2, 0.25) is 0 Å². The van der Waals surface area contributed by atoms with Gasteiger partial charge in [-0.3, -0.25) is 4.79 Å². The molecule has 3 aliphatic rings. The molecule has 1 atom stereocenters. The van der Waals surface area contributed by atoms with E-state index < -0.39 is 0 Å². The fraction of sp³-hybridized carbons (Fsp3) is 0.367. The number of rotatable bonds is 5. The predicted octanol–water partition coefficient (Wildman–Crippen LogP) is 5.06. The highest BCUT2D eigenvalue weighted by Crippen LogP contribution is 2.41. The Morgan fingerprint density at radius 1 is 1.08 bits per heavy atom. The van der Waals surface area contributed by atoms with Crippen LogP contribution >= 0.6 is 0 Å². The Morgan fingerprint density at radius 2 is 1.92 bits per heavy atom. The van der Waals surface area contributed by atoms with Crippen molar-refractivity contribution < 1.29 is 9.18 Å². The molecular weight excluding hydrogens is 451 g/mol. The van der Waals surface area contributed by atoms with E-state index in [0.717, 1.165) is 40.9 Å². The van der Waals surface area contributed by atoms with Crippen molar-refractivity contribution in [2.45, 2.75) is 25.7 Å². The summed E-state index contributed by atoms with van der Waals surface area (Å²) in [6.45, 7) is 5.88. The van der Waals surface area contributed by atoms with E-state index in [4.69, 9.17) is 0 Å². The van der Waals surface area contributed by atoms with E-state index in [1.54, 1.807) is 6.07 Å². The second-order valence-corrected chi connectivity index (χ2v) is 10.5. The lowest BCUT2D eigenvalue weighted by molar-refractivity contribution is -0.110. The van der Waals surface area contributed by atoms with Crippen LogP contribution in [0.15, 0.2) is 48.5 Å². The average molecular weight is 485 g/mol. The van der Waals surface area contributed by atoms with E-state index >= 15 is 0 Å². The number of amides is 1. The van der Waals surface area contributed by atoms with Gasteiger partial charge in [-0.25, -0.2) is 4.39 Å². The number of nitrogens with zero attached hydrogens (tertiary/aromatic N) is 2. The van der Waals surface area contributed by atoms with Crippen molar-refractivity contribution in [3.05, 3.63) is 76.9 Å². The van der Waals surface area contributed by atoms with Gasteiger partial charge in [0.1, 0.15) is 5.82 Å². The number of nitrogens with one attached hydrogen (secondary N) is 2. The van der Waals surface area contributed by atoms with Crippen LogP contribution < -0.4 is 5.32 Å².